The van der Waals surface area contributed by atoms with Crippen molar-refractivity contribution in [1.82, 2.24) is 15.0 Å². The van der Waals surface area contributed by atoms with E-state index in [0.717, 1.165) is 27.8 Å². The molecule has 306 valence electrons. The van der Waals surface area contributed by atoms with Gasteiger partial charge in [-0.2, -0.15) is 0 Å². The van der Waals surface area contributed by atoms with Gasteiger partial charge in [-0.15, -0.1) is 0 Å². The van der Waals surface area contributed by atoms with Crippen molar-refractivity contribution in [2.45, 2.75) is 26.7 Å². The zero-order valence-corrected chi connectivity index (χ0v) is 36.3. The summed E-state index contributed by atoms with van der Waals surface area (Å²) in [5.41, 5.74) is 20.0. The molecule has 9 aromatic carbocycles. The Labute approximate surface area is 376 Å². The fraction of sp³-hybridized carbons (Fsp3) is 0.0656. The van der Waals surface area contributed by atoms with Gasteiger partial charge in [0.15, 0.2) is 17.5 Å². The van der Waals surface area contributed by atoms with Crippen LogP contribution in [0.2, 0.25) is 0 Å². The lowest BCUT2D eigenvalue weighted by Gasteiger charge is -2.29. The quantitative estimate of drug-likeness (QED) is 0.129. The molecule has 0 radical (unpaired) electrons. The third kappa shape index (κ3) is 7.85. The predicted octanol–water partition coefficient (Wildman–Crippen LogP) is 15.6. The van der Waals surface area contributed by atoms with Crippen LogP contribution in [-0.2, 0) is 0 Å². The van der Waals surface area contributed by atoms with Crippen LogP contribution in [0.25, 0.3) is 78.7 Å². The third-order valence-electron chi connectivity index (χ3n) is 12.4. The topological polar surface area (TPSA) is 38.7 Å². The Balaban J connectivity index is 1.19. The summed E-state index contributed by atoms with van der Waals surface area (Å²) in [6.45, 7) is 6.66. The number of hydrogen-bond acceptors (Lipinski definition) is 3. The Bertz CT molecular complexity index is 3100. The number of rotatable bonds is 10. The molecule has 3 heteroatoms. The summed E-state index contributed by atoms with van der Waals surface area (Å²) in [5, 5.41) is 0. The minimum atomic E-state index is -0.126. The van der Waals surface area contributed by atoms with Gasteiger partial charge in [0.1, 0.15) is 0 Å². The fourth-order valence-corrected chi connectivity index (χ4v) is 9.18. The molecule has 0 amide bonds. The Kier molecular flexibility index (Phi) is 11.1. The molecule has 0 bridgehead atoms. The molecule has 0 N–H and O–H groups in total. The maximum absolute atomic E-state index is 5.04. The van der Waals surface area contributed by atoms with Gasteiger partial charge in [-0.25, -0.2) is 15.0 Å². The average molecular weight is 822 g/mol. The van der Waals surface area contributed by atoms with Crippen molar-refractivity contribution >= 4 is 0 Å². The number of aromatic nitrogens is 3. The van der Waals surface area contributed by atoms with Crippen LogP contribution in [0.5, 0.6) is 0 Å². The van der Waals surface area contributed by atoms with E-state index in [1.165, 1.54) is 66.8 Å². The number of aryl methyl sites for hydroxylation is 3. The van der Waals surface area contributed by atoms with Gasteiger partial charge in [0, 0.05) is 22.6 Å². The van der Waals surface area contributed by atoms with Crippen molar-refractivity contribution in [3.63, 3.8) is 0 Å². The summed E-state index contributed by atoms with van der Waals surface area (Å²) in [5.74, 6) is 1.79. The Morgan fingerprint density at radius 3 is 1.03 bits per heavy atom. The molecule has 1 aromatic heterocycles. The van der Waals surface area contributed by atoms with Crippen LogP contribution in [0.15, 0.2) is 224 Å². The normalized spacial score (nSPS) is 11.2. The molecule has 0 aliphatic carbocycles. The summed E-state index contributed by atoms with van der Waals surface area (Å²) in [7, 11) is 0. The first-order valence-electron chi connectivity index (χ1n) is 22.0. The molecule has 0 fully saturated rings. The van der Waals surface area contributed by atoms with Crippen LogP contribution in [0.1, 0.15) is 39.3 Å². The SMILES string of the molecule is Cc1ccccc1-c1ccccc1C(c1ccccc1-c1ccccc1C)c1cccc(-c2ccc(-c3nc(-c4ccccc4)nc(-c4ccccc4)n3)cc2)c1-c1ccccc1C. The number of benzene rings is 9. The van der Waals surface area contributed by atoms with Crippen molar-refractivity contribution < 1.29 is 0 Å². The first kappa shape index (κ1) is 40.1. The van der Waals surface area contributed by atoms with Gasteiger partial charge in [0.25, 0.3) is 0 Å². The smallest absolute Gasteiger partial charge is 0.164 e. The highest BCUT2D eigenvalue weighted by Crippen LogP contribution is 2.48. The van der Waals surface area contributed by atoms with Crippen molar-refractivity contribution in [3.8, 4) is 78.7 Å². The van der Waals surface area contributed by atoms with E-state index in [4.69, 9.17) is 15.0 Å². The lowest BCUT2D eigenvalue weighted by atomic mass is 9.74. The fourth-order valence-electron chi connectivity index (χ4n) is 9.18. The van der Waals surface area contributed by atoms with E-state index in [9.17, 15) is 0 Å². The highest BCUT2D eigenvalue weighted by Gasteiger charge is 2.28. The Morgan fingerprint density at radius 2 is 0.578 bits per heavy atom. The summed E-state index contributed by atoms with van der Waals surface area (Å²) < 4.78 is 0. The van der Waals surface area contributed by atoms with Crippen LogP contribution in [0, 0.1) is 20.8 Å². The molecule has 3 nitrogen and oxygen atoms in total. The van der Waals surface area contributed by atoms with E-state index in [-0.39, 0.29) is 5.92 Å². The number of hydrogen-bond donors (Lipinski definition) is 0. The molecular weight excluding hydrogens is 775 g/mol. The highest BCUT2D eigenvalue weighted by molar-refractivity contribution is 5.90. The molecular formula is C61H47N3. The van der Waals surface area contributed by atoms with Gasteiger partial charge in [0.2, 0.25) is 0 Å². The molecule has 0 atom stereocenters. The predicted molar refractivity (Wildman–Crippen MR) is 266 cm³/mol. The van der Waals surface area contributed by atoms with Crippen LogP contribution in [0.4, 0.5) is 0 Å². The number of nitrogens with zero attached hydrogens (tertiary/aromatic N) is 3. The largest absolute Gasteiger partial charge is 0.208 e. The van der Waals surface area contributed by atoms with Crippen LogP contribution < -0.4 is 0 Å². The lowest BCUT2D eigenvalue weighted by Crippen LogP contribution is -2.10. The lowest BCUT2D eigenvalue weighted by molar-refractivity contribution is 0.983. The Morgan fingerprint density at radius 1 is 0.250 bits per heavy atom. The van der Waals surface area contributed by atoms with Gasteiger partial charge >= 0.3 is 0 Å². The van der Waals surface area contributed by atoms with E-state index < -0.39 is 0 Å². The average Bonchev–Trinajstić information content (AvgIpc) is 3.35. The van der Waals surface area contributed by atoms with Crippen molar-refractivity contribution in [2.75, 3.05) is 0 Å². The Hall–Kier alpha value is -8.01. The zero-order chi connectivity index (χ0) is 43.4. The first-order chi connectivity index (χ1) is 31.5. The van der Waals surface area contributed by atoms with E-state index in [1.807, 2.05) is 60.7 Å². The van der Waals surface area contributed by atoms with Crippen LogP contribution in [-0.4, -0.2) is 15.0 Å². The molecule has 0 aliphatic rings. The molecule has 64 heavy (non-hydrogen) atoms. The standard InChI is InChI=1S/C61H47N3/c1-41-21-10-13-28-48(41)52-31-16-18-33-54(52)58(55-34-19-17-32-53(55)49-29-14-11-22-42(49)2)56-36-20-35-51(57(56)50-30-15-12-23-43(50)3)44-37-39-47(40-38-44)61-63-59(45-24-6-4-7-25-45)62-60(64-61)46-26-8-5-9-27-46/h4-40,58H,1-3H3. The van der Waals surface area contributed by atoms with Gasteiger partial charge in [0.05, 0.1) is 0 Å². The van der Waals surface area contributed by atoms with E-state index >= 15 is 0 Å². The van der Waals surface area contributed by atoms with E-state index in [2.05, 4.69) is 185 Å². The molecule has 0 unspecified atom stereocenters. The second-order valence-electron chi connectivity index (χ2n) is 16.4. The van der Waals surface area contributed by atoms with E-state index in [1.54, 1.807) is 0 Å². The molecule has 0 saturated heterocycles. The first-order valence-corrected chi connectivity index (χ1v) is 22.0. The van der Waals surface area contributed by atoms with Crippen molar-refractivity contribution in [2.24, 2.45) is 0 Å². The van der Waals surface area contributed by atoms with Gasteiger partial charge in [-0.05, 0) is 98.7 Å². The maximum Gasteiger partial charge on any atom is 0.164 e. The monoisotopic (exact) mass is 821 g/mol. The minimum Gasteiger partial charge on any atom is -0.208 e. The molecule has 10 rings (SSSR count). The summed E-state index contributed by atoms with van der Waals surface area (Å²) in [6, 6.07) is 80.2. The zero-order valence-electron chi connectivity index (χ0n) is 36.3. The molecule has 0 aliphatic heterocycles. The van der Waals surface area contributed by atoms with Crippen LogP contribution in [0.3, 0.4) is 0 Å². The summed E-state index contributed by atoms with van der Waals surface area (Å²) in [4.78, 5) is 15.0. The maximum atomic E-state index is 5.04. The molecule has 0 spiro atoms. The summed E-state index contributed by atoms with van der Waals surface area (Å²) >= 11 is 0. The van der Waals surface area contributed by atoms with Gasteiger partial charge in [-0.3, -0.25) is 0 Å². The van der Waals surface area contributed by atoms with Gasteiger partial charge in [-0.1, -0.05) is 224 Å². The molecule has 1 heterocycles. The molecule has 10 aromatic rings. The summed E-state index contributed by atoms with van der Waals surface area (Å²) in [6.07, 6.45) is 0. The minimum absolute atomic E-state index is 0.126. The second-order valence-corrected chi connectivity index (χ2v) is 16.4. The second kappa shape index (κ2) is 17.8. The highest BCUT2D eigenvalue weighted by atomic mass is 15.0. The van der Waals surface area contributed by atoms with Crippen LogP contribution >= 0.6 is 0 Å². The molecule has 0 saturated carbocycles. The third-order valence-corrected chi connectivity index (χ3v) is 12.4. The van der Waals surface area contributed by atoms with Crippen molar-refractivity contribution in [1.29, 1.82) is 0 Å². The van der Waals surface area contributed by atoms with E-state index in [0.29, 0.717) is 17.5 Å². The van der Waals surface area contributed by atoms with Crippen molar-refractivity contribution in [3.05, 3.63) is 258 Å². The van der Waals surface area contributed by atoms with Gasteiger partial charge < -0.3 is 0 Å².